The molecule has 1 unspecified atom stereocenters. The molecule has 2 rings (SSSR count). The first kappa shape index (κ1) is 21.1. The maximum Gasteiger partial charge on any atom is 0.336 e. The molecule has 0 radical (unpaired) electrons. The predicted molar refractivity (Wildman–Crippen MR) is 100 cm³/mol. The van der Waals surface area contributed by atoms with Gasteiger partial charge in [0.15, 0.2) is 5.69 Å². The van der Waals surface area contributed by atoms with Crippen molar-refractivity contribution in [1.29, 1.82) is 0 Å². The van der Waals surface area contributed by atoms with Gasteiger partial charge in [0.25, 0.3) is 0 Å². The lowest BCUT2D eigenvalue weighted by Gasteiger charge is -2.31. The molecule has 0 aromatic heterocycles. The summed E-state index contributed by atoms with van der Waals surface area (Å²) in [5.41, 5.74) is 2.07. The van der Waals surface area contributed by atoms with Crippen LogP contribution in [-0.2, 0) is 19.1 Å². The Morgan fingerprint density at radius 3 is 2.59 bits per heavy atom. The first-order valence-electron chi connectivity index (χ1n) is 8.21. The van der Waals surface area contributed by atoms with Crippen LogP contribution in [0.4, 0.5) is 5.69 Å². The van der Waals surface area contributed by atoms with Crippen LogP contribution in [0.15, 0.2) is 46.8 Å². The highest BCUT2D eigenvalue weighted by Crippen LogP contribution is 2.40. The van der Waals surface area contributed by atoms with Gasteiger partial charge in [-0.25, -0.2) is 14.8 Å². The molecule has 9 heteroatoms. The largest absolute Gasteiger partial charge is 0.595 e. The van der Waals surface area contributed by atoms with Gasteiger partial charge in [-0.2, -0.15) is 5.23 Å². The van der Waals surface area contributed by atoms with E-state index in [1.807, 2.05) is 0 Å². The minimum Gasteiger partial charge on any atom is -0.595 e. The molecule has 146 valence electrons. The van der Waals surface area contributed by atoms with E-state index in [0.29, 0.717) is 22.3 Å². The summed E-state index contributed by atoms with van der Waals surface area (Å²) in [5.74, 6) is -2.01. The first-order valence-corrected chi connectivity index (χ1v) is 9.33. The normalized spacial score (nSPS) is 18.1. The molecule has 1 aliphatic rings. The molecule has 0 spiro atoms. The van der Waals surface area contributed by atoms with Crippen molar-refractivity contribution in [2.45, 2.75) is 19.8 Å². The van der Waals surface area contributed by atoms with E-state index in [4.69, 9.17) is 9.47 Å². The first-order chi connectivity index (χ1) is 12.8. The Hall–Kier alpha value is -2.20. The van der Waals surface area contributed by atoms with Gasteiger partial charge in [-0.05, 0) is 19.4 Å². The molecular weight excluding hydrogens is 420 g/mol. The minimum atomic E-state index is -1.10. The Labute approximate surface area is 165 Å². The van der Waals surface area contributed by atoms with E-state index >= 15 is 0 Å². The fourth-order valence-electron chi connectivity index (χ4n) is 3.02. The summed E-state index contributed by atoms with van der Waals surface area (Å²) in [6, 6.07) is 6.13. The van der Waals surface area contributed by atoms with Crippen LogP contribution in [0, 0.1) is 5.21 Å². The lowest BCUT2D eigenvalue weighted by atomic mass is 9.80. The quantitative estimate of drug-likeness (QED) is 0.348. The van der Waals surface area contributed by atoms with E-state index in [2.05, 4.69) is 21.2 Å². The average Bonchev–Trinajstić information content (AvgIpc) is 2.66. The summed E-state index contributed by atoms with van der Waals surface area (Å²) >= 11 is 3.35. The van der Waals surface area contributed by atoms with Crippen LogP contribution in [0.25, 0.3) is 0 Å². The lowest BCUT2D eigenvalue weighted by Crippen LogP contribution is -2.99. The SMILES string of the molecule is CCOC(=O)C1=C(CBr)NC(C)=C(C(=O)OC)[C@H]1c1cccc([NH+]([O-])O)c1. The van der Waals surface area contributed by atoms with E-state index in [-0.39, 0.29) is 23.4 Å². The summed E-state index contributed by atoms with van der Waals surface area (Å²) in [6.45, 7) is 3.55. The third-order valence-electron chi connectivity index (χ3n) is 4.15. The summed E-state index contributed by atoms with van der Waals surface area (Å²) in [4.78, 5) is 25.2. The summed E-state index contributed by atoms with van der Waals surface area (Å²) in [7, 11) is 1.25. The number of hydrogen-bond acceptors (Lipinski definition) is 7. The molecule has 0 aliphatic carbocycles. The van der Waals surface area contributed by atoms with Crippen molar-refractivity contribution in [3.05, 3.63) is 57.6 Å². The van der Waals surface area contributed by atoms with Crippen molar-refractivity contribution in [2.75, 3.05) is 19.0 Å². The fraction of sp³-hybridized carbons (Fsp3) is 0.333. The Kier molecular flexibility index (Phi) is 7.14. The number of carbonyl (C=O) groups excluding carboxylic acids is 2. The Morgan fingerprint density at radius 2 is 2.04 bits per heavy atom. The second-order valence-electron chi connectivity index (χ2n) is 5.77. The predicted octanol–water partition coefficient (Wildman–Crippen LogP) is 1.44. The van der Waals surface area contributed by atoms with Gasteiger partial charge in [0, 0.05) is 28.9 Å². The monoisotopic (exact) mass is 440 g/mol. The van der Waals surface area contributed by atoms with Gasteiger partial charge in [0.05, 0.1) is 30.8 Å². The molecule has 0 saturated carbocycles. The van der Waals surface area contributed by atoms with Crippen molar-refractivity contribution in [3.63, 3.8) is 0 Å². The average molecular weight is 441 g/mol. The van der Waals surface area contributed by atoms with Gasteiger partial charge in [-0.15, -0.1) is 0 Å². The van der Waals surface area contributed by atoms with E-state index in [0.717, 1.165) is 0 Å². The van der Waals surface area contributed by atoms with Crippen molar-refractivity contribution in [2.24, 2.45) is 0 Å². The van der Waals surface area contributed by atoms with Gasteiger partial charge in [0.1, 0.15) is 0 Å². The van der Waals surface area contributed by atoms with E-state index in [9.17, 15) is 20.0 Å². The zero-order chi connectivity index (χ0) is 20.1. The van der Waals surface area contributed by atoms with Gasteiger partial charge in [-0.1, -0.05) is 28.1 Å². The third-order valence-corrected chi connectivity index (χ3v) is 4.71. The highest BCUT2D eigenvalue weighted by molar-refractivity contribution is 9.09. The summed E-state index contributed by atoms with van der Waals surface area (Å²) in [5, 5.41) is 23.0. The molecule has 0 fully saturated rings. The molecule has 1 heterocycles. The zero-order valence-corrected chi connectivity index (χ0v) is 16.8. The van der Waals surface area contributed by atoms with Gasteiger partial charge in [-0.3, -0.25) is 0 Å². The molecule has 3 N–H and O–H groups in total. The number of methoxy groups -OCH3 is 1. The Morgan fingerprint density at radius 1 is 1.33 bits per heavy atom. The molecule has 0 saturated heterocycles. The van der Waals surface area contributed by atoms with Crippen LogP contribution in [0.2, 0.25) is 0 Å². The van der Waals surface area contributed by atoms with Crippen molar-refractivity contribution >= 4 is 33.6 Å². The summed E-state index contributed by atoms with van der Waals surface area (Å²) in [6.07, 6.45) is 0. The molecule has 1 aromatic carbocycles. The zero-order valence-electron chi connectivity index (χ0n) is 15.2. The number of ether oxygens (including phenoxy) is 2. The van der Waals surface area contributed by atoms with Crippen LogP contribution in [0.5, 0.6) is 0 Å². The van der Waals surface area contributed by atoms with Crippen LogP contribution in [0.1, 0.15) is 25.3 Å². The lowest BCUT2D eigenvalue weighted by molar-refractivity contribution is -0.991. The number of nitrogens with one attached hydrogen (secondary N) is 2. The molecule has 1 aliphatic heterocycles. The number of quaternary nitrogens is 1. The van der Waals surface area contributed by atoms with Crippen molar-refractivity contribution in [1.82, 2.24) is 5.32 Å². The van der Waals surface area contributed by atoms with E-state index in [1.165, 1.54) is 19.2 Å². The molecule has 8 nitrogen and oxygen atoms in total. The summed E-state index contributed by atoms with van der Waals surface area (Å²) < 4.78 is 10.1. The van der Waals surface area contributed by atoms with Gasteiger partial charge < -0.3 is 20.0 Å². The highest BCUT2D eigenvalue weighted by Gasteiger charge is 2.38. The maximum atomic E-state index is 12.7. The van der Waals surface area contributed by atoms with Gasteiger partial charge in [0.2, 0.25) is 0 Å². The van der Waals surface area contributed by atoms with E-state index < -0.39 is 23.1 Å². The van der Waals surface area contributed by atoms with Crippen molar-refractivity contribution < 1.29 is 29.5 Å². The number of allylic oxidation sites excluding steroid dienone is 2. The number of carbonyl (C=O) groups is 2. The topological polar surface area (TPSA) is 112 Å². The second-order valence-corrected chi connectivity index (χ2v) is 6.33. The number of dihydropyridines is 1. The number of halogens is 1. The second kappa shape index (κ2) is 9.14. The Bertz CT molecular complexity index is 803. The fourth-order valence-corrected chi connectivity index (χ4v) is 3.46. The molecule has 27 heavy (non-hydrogen) atoms. The van der Waals surface area contributed by atoms with E-state index in [1.54, 1.807) is 26.0 Å². The van der Waals surface area contributed by atoms with Crippen molar-refractivity contribution in [3.8, 4) is 0 Å². The number of esters is 2. The highest BCUT2D eigenvalue weighted by atomic mass is 79.9. The molecular formula is C18H21BrN2O6. The molecule has 1 aromatic rings. The number of alkyl halides is 1. The van der Waals surface area contributed by atoms with Gasteiger partial charge >= 0.3 is 11.9 Å². The molecule has 0 amide bonds. The maximum absolute atomic E-state index is 12.7. The number of hydrogen-bond donors (Lipinski definition) is 3. The number of benzene rings is 1. The third kappa shape index (κ3) is 4.38. The molecule has 0 bridgehead atoms. The smallest absolute Gasteiger partial charge is 0.336 e. The number of rotatable bonds is 6. The van der Waals surface area contributed by atoms with Crippen LogP contribution < -0.4 is 10.5 Å². The van der Waals surface area contributed by atoms with Crippen LogP contribution >= 0.6 is 15.9 Å². The minimum absolute atomic E-state index is 0.0523. The Balaban J connectivity index is 2.73. The van der Waals surface area contributed by atoms with Crippen LogP contribution in [-0.4, -0.2) is 36.2 Å². The standard InChI is InChI=1S/C18H21BrN2O6/c1-4-27-18(23)16-13(9-19)20-10(2)14(17(22)26-3)15(16)11-6-5-7-12(8-11)21(24)25/h5-8,15,20-21,24H,4,9H2,1-3H3/t15-/m1/s1. The molecule has 2 atom stereocenters. The van der Waals surface area contributed by atoms with Crippen LogP contribution in [0.3, 0.4) is 0 Å².